The summed E-state index contributed by atoms with van der Waals surface area (Å²) in [6.07, 6.45) is 0. The molecule has 0 radical (unpaired) electrons. The molecule has 7 heteroatoms. The summed E-state index contributed by atoms with van der Waals surface area (Å²) in [4.78, 5) is 12.3. The van der Waals surface area contributed by atoms with Crippen molar-refractivity contribution in [2.75, 3.05) is 0 Å². The van der Waals surface area contributed by atoms with E-state index in [0.29, 0.717) is 5.69 Å². The van der Waals surface area contributed by atoms with Crippen molar-refractivity contribution in [3.63, 3.8) is 0 Å². The number of nitrogens with zero attached hydrogens (tertiary/aromatic N) is 3. The van der Waals surface area contributed by atoms with E-state index in [-0.39, 0.29) is 21.9 Å². The lowest BCUT2D eigenvalue weighted by molar-refractivity contribution is 0.590. The van der Waals surface area contributed by atoms with Crippen molar-refractivity contribution < 1.29 is 8.78 Å². The van der Waals surface area contributed by atoms with Gasteiger partial charge in [-0.25, -0.2) is 23.7 Å². The van der Waals surface area contributed by atoms with Gasteiger partial charge in [-0.05, 0) is 13.0 Å². The van der Waals surface area contributed by atoms with Gasteiger partial charge in [0, 0.05) is 16.8 Å². The zero-order valence-corrected chi connectivity index (χ0v) is 11.2. The Morgan fingerprint density at radius 3 is 2.63 bits per heavy atom. The Kier molecular flexibility index (Phi) is 2.91. The highest BCUT2D eigenvalue weighted by Gasteiger charge is 2.14. The highest BCUT2D eigenvalue weighted by atomic mass is 35.5. The van der Waals surface area contributed by atoms with Gasteiger partial charge < -0.3 is 0 Å². The van der Waals surface area contributed by atoms with E-state index in [2.05, 4.69) is 15.0 Å². The van der Waals surface area contributed by atoms with Crippen LogP contribution in [0.4, 0.5) is 8.78 Å². The van der Waals surface area contributed by atoms with E-state index >= 15 is 0 Å². The Morgan fingerprint density at radius 2 is 1.95 bits per heavy atom. The molecular formula is C12H6ClF2N3S. The molecular weight excluding hydrogens is 292 g/mol. The van der Waals surface area contributed by atoms with Crippen LogP contribution >= 0.6 is 22.9 Å². The van der Waals surface area contributed by atoms with Crippen LogP contribution in [0.1, 0.15) is 5.01 Å². The summed E-state index contributed by atoms with van der Waals surface area (Å²) in [6, 6.07) is 1.87. The van der Waals surface area contributed by atoms with E-state index in [1.807, 2.05) is 6.92 Å². The number of thiazole rings is 1. The maximum absolute atomic E-state index is 13.7. The Hall–Kier alpha value is -1.66. The lowest BCUT2D eigenvalue weighted by Gasteiger charge is -2.03. The van der Waals surface area contributed by atoms with Crippen LogP contribution in [-0.4, -0.2) is 15.0 Å². The number of rotatable bonds is 1. The molecule has 0 fully saturated rings. The first-order valence-electron chi connectivity index (χ1n) is 5.29. The van der Waals surface area contributed by atoms with Crippen LogP contribution in [0.2, 0.25) is 5.15 Å². The van der Waals surface area contributed by atoms with E-state index in [1.165, 1.54) is 11.3 Å². The largest absolute Gasteiger partial charge is 0.238 e. The Labute approximate surface area is 115 Å². The molecule has 0 aliphatic rings. The van der Waals surface area contributed by atoms with Crippen molar-refractivity contribution in [2.24, 2.45) is 0 Å². The molecule has 3 nitrogen and oxygen atoms in total. The number of benzene rings is 1. The Morgan fingerprint density at radius 1 is 1.16 bits per heavy atom. The van der Waals surface area contributed by atoms with E-state index in [0.717, 1.165) is 17.1 Å². The van der Waals surface area contributed by atoms with E-state index < -0.39 is 11.6 Å². The van der Waals surface area contributed by atoms with E-state index in [9.17, 15) is 8.78 Å². The topological polar surface area (TPSA) is 38.7 Å². The number of aromatic nitrogens is 3. The first-order valence-corrected chi connectivity index (χ1v) is 6.55. The van der Waals surface area contributed by atoms with Gasteiger partial charge in [-0.1, -0.05) is 11.6 Å². The van der Waals surface area contributed by atoms with Crippen LogP contribution in [0.25, 0.3) is 22.4 Å². The maximum atomic E-state index is 13.7. The third kappa shape index (κ3) is 2.17. The van der Waals surface area contributed by atoms with Crippen LogP contribution in [0.15, 0.2) is 17.5 Å². The standard InChI is InChI=1S/C12H6ClF2N3S/c1-5-16-9(4-19-5)12-17-10-7(11(13)18-12)2-6(14)3-8(10)15/h2-4H,1H3. The minimum Gasteiger partial charge on any atom is -0.238 e. The molecule has 0 N–H and O–H groups in total. The van der Waals surface area contributed by atoms with Gasteiger partial charge in [0.2, 0.25) is 0 Å². The molecule has 3 aromatic rings. The SMILES string of the molecule is Cc1nc(-c2nc(Cl)c3cc(F)cc(F)c3n2)cs1. The lowest BCUT2D eigenvalue weighted by atomic mass is 10.2. The summed E-state index contributed by atoms with van der Waals surface area (Å²) in [7, 11) is 0. The minimum absolute atomic E-state index is 0.00375. The number of halogens is 3. The van der Waals surface area contributed by atoms with Gasteiger partial charge in [0.1, 0.15) is 22.2 Å². The highest BCUT2D eigenvalue weighted by molar-refractivity contribution is 7.09. The van der Waals surface area contributed by atoms with Crippen LogP contribution in [0.3, 0.4) is 0 Å². The second-order valence-electron chi connectivity index (χ2n) is 3.87. The molecule has 1 aromatic carbocycles. The molecule has 0 saturated carbocycles. The molecule has 0 spiro atoms. The monoisotopic (exact) mass is 297 g/mol. The number of hydrogen-bond acceptors (Lipinski definition) is 4. The second-order valence-corrected chi connectivity index (χ2v) is 5.29. The smallest absolute Gasteiger partial charge is 0.181 e. The van der Waals surface area contributed by atoms with Crippen molar-refractivity contribution in [1.82, 2.24) is 15.0 Å². The molecule has 0 atom stereocenters. The minimum atomic E-state index is -0.771. The highest BCUT2D eigenvalue weighted by Crippen LogP contribution is 2.27. The zero-order valence-electron chi connectivity index (χ0n) is 9.62. The molecule has 0 aliphatic heterocycles. The Bertz CT molecular complexity index is 788. The fourth-order valence-corrected chi connectivity index (χ4v) is 2.52. The zero-order chi connectivity index (χ0) is 13.6. The quantitative estimate of drug-likeness (QED) is 0.637. The third-order valence-electron chi connectivity index (χ3n) is 2.52. The number of hydrogen-bond donors (Lipinski definition) is 0. The van der Waals surface area contributed by atoms with Crippen molar-refractivity contribution >= 4 is 33.8 Å². The number of aryl methyl sites for hydroxylation is 1. The molecule has 0 aliphatic carbocycles. The summed E-state index contributed by atoms with van der Waals surface area (Å²) in [5, 5.41) is 2.75. The second kappa shape index (κ2) is 4.47. The molecule has 96 valence electrons. The van der Waals surface area contributed by atoms with Crippen LogP contribution in [-0.2, 0) is 0 Å². The van der Waals surface area contributed by atoms with Gasteiger partial charge in [0.05, 0.1) is 5.01 Å². The van der Waals surface area contributed by atoms with Gasteiger partial charge in [0.25, 0.3) is 0 Å². The molecule has 19 heavy (non-hydrogen) atoms. The molecule has 2 heterocycles. The molecule has 0 bridgehead atoms. The normalized spacial score (nSPS) is 11.2. The van der Waals surface area contributed by atoms with Crippen LogP contribution < -0.4 is 0 Å². The molecule has 3 rings (SSSR count). The molecule has 0 amide bonds. The number of fused-ring (bicyclic) bond motifs is 1. The fraction of sp³-hybridized carbons (Fsp3) is 0.0833. The molecule has 2 aromatic heterocycles. The van der Waals surface area contributed by atoms with E-state index in [4.69, 9.17) is 11.6 Å². The summed E-state index contributed by atoms with van der Waals surface area (Å²) >= 11 is 7.38. The predicted molar refractivity (Wildman–Crippen MR) is 70.3 cm³/mol. The van der Waals surface area contributed by atoms with Gasteiger partial charge in [0.15, 0.2) is 11.6 Å². The average molecular weight is 298 g/mol. The summed E-state index contributed by atoms with van der Waals surface area (Å²) < 4.78 is 26.9. The van der Waals surface area contributed by atoms with Crippen LogP contribution in [0, 0.1) is 18.6 Å². The van der Waals surface area contributed by atoms with Crippen molar-refractivity contribution in [3.05, 3.63) is 39.3 Å². The first-order chi connectivity index (χ1) is 9.04. The van der Waals surface area contributed by atoms with Gasteiger partial charge in [-0.2, -0.15) is 0 Å². The molecule has 0 unspecified atom stereocenters. The third-order valence-corrected chi connectivity index (χ3v) is 3.58. The van der Waals surface area contributed by atoms with Crippen LogP contribution in [0.5, 0.6) is 0 Å². The summed E-state index contributed by atoms with van der Waals surface area (Å²) in [5.74, 6) is -1.26. The van der Waals surface area contributed by atoms with Gasteiger partial charge >= 0.3 is 0 Å². The van der Waals surface area contributed by atoms with Gasteiger partial charge in [-0.3, -0.25) is 0 Å². The van der Waals surface area contributed by atoms with Crippen molar-refractivity contribution in [3.8, 4) is 11.5 Å². The first kappa shape index (κ1) is 12.4. The van der Waals surface area contributed by atoms with Gasteiger partial charge in [-0.15, -0.1) is 11.3 Å². The van der Waals surface area contributed by atoms with Crippen molar-refractivity contribution in [1.29, 1.82) is 0 Å². The van der Waals surface area contributed by atoms with E-state index in [1.54, 1.807) is 5.38 Å². The molecule has 0 saturated heterocycles. The lowest BCUT2D eigenvalue weighted by Crippen LogP contribution is -1.95. The fourth-order valence-electron chi connectivity index (χ4n) is 1.70. The van der Waals surface area contributed by atoms with Crippen molar-refractivity contribution in [2.45, 2.75) is 6.92 Å². The Balaban J connectivity index is 2.30. The predicted octanol–water partition coefficient (Wildman–Crippen LogP) is 3.99. The average Bonchev–Trinajstić information content (AvgIpc) is 2.77. The maximum Gasteiger partial charge on any atom is 0.181 e. The summed E-state index contributed by atoms with van der Waals surface area (Å²) in [6.45, 7) is 1.84. The summed E-state index contributed by atoms with van der Waals surface area (Å²) in [5.41, 5.74) is 0.511.